The maximum atomic E-state index is 12.1. The largest absolute Gasteiger partial charge is 0.347 e. The minimum atomic E-state index is -0.226. The van der Waals surface area contributed by atoms with Crippen molar-refractivity contribution in [3.05, 3.63) is 18.0 Å². The highest BCUT2D eigenvalue weighted by Gasteiger charge is 2.31. The molecule has 1 aromatic rings. The molecular formula is C12H19N5O. The van der Waals surface area contributed by atoms with E-state index < -0.39 is 0 Å². The van der Waals surface area contributed by atoms with E-state index in [4.69, 9.17) is 0 Å². The molecule has 1 aliphatic rings. The lowest BCUT2D eigenvalue weighted by atomic mass is 10.2. The van der Waals surface area contributed by atoms with Gasteiger partial charge in [-0.15, -0.1) is 0 Å². The van der Waals surface area contributed by atoms with Crippen molar-refractivity contribution in [3.8, 4) is 0 Å². The molecule has 1 amide bonds. The van der Waals surface area contributed by atoms with E-state index in [9.17, 15) is 4.79 Å². The second-order valence-corrected chi connectivity index (χ2v) is 4.71. The highest BCUT2D eigenvalue weighted by atomic mass is 16.2. The van der Waals surface area contributed by atoms with Crippen LogP contribution >= 0.6 is 0 Å². The van der Waals surface area contributed by atoms with E-state index in [1.54, 1.807) is 31.4 Å². The molecule has 18 heavy (non-hydrogen) atoms. The van der Waals surface area contributed by atoms with E-state index in [1.165, 1.54) is 0 Å². The average Bonchev–Trinajstić information content (AvgIpc) is 2.39. The summed E-state index contributed by atoms with van der Waals surface area (Å²) in [7, 11) is 3.54. The quantitative estimate of drug-likeness (QED) is 0.776. The maximum Gasteiger partial charge on any atom is 0.246 e. The zero-order chi connectivity index (χ0) is 13.1. The van der Waals surface area contributed by atoms with Gasteiger partial charge in [0.2, 0.25) is 11.9 Å². The zero-order valence-electron chi connectivity index (χ0n) is 11.1. The van der Waals surface area contributed by atoms with Crippen LogP contribution in [0.2, 0.25) is 0 Å². The van der Waals surface area contributed by atoms with Crippen LogP contribution in [0, 0.1) is 6.92 Å². The van der Waals surface area contributed by atoms with Gasteiger partial charge in [0.05, 0.1) is 0 Å². The fourth-order valence-electron chi connectivity index (χ4n) is 2.00. The maximum absolute atomic E-state index is 12.1. The Hall–Kier alpha value is -1.69. The van der Waals surface area contributed by atoms with Crippen molar-refractivity contribution < 1.29 is 4.79 Å². The molecule has 0 bridgehead atoms. The molecule has 1 atom stereocenters. The number of nitrogens with one attached hydrogen (secondary N) is 1. The van der Waals surface area contributed by atoms with Gasteiger partial charge in [0.25, 0.3) is 0 Å². The predicted octanol–water partition coefficient (Wildman–Crippen LogP) is -0.349. The average molecular weight is 249 g/mol. The molecule has 0 radical (unpaired) electrons. The Morgan fingerprint density at radius 3 is 2.72 bits per heavy atom. The number of carbonyl (C=O) groups excluding carboxylic acids is 1. The number of hydrogen-bond donors (Lipinski definition) is 1. The summed E-state index contributed by atoms with van der Waals surface area (Å²) in [6.45, 7) is 4.17. The molecule has 6 nitrogen and oxygen atoms in total. The molecule has 0 aromatic carbocycles. The fourth-order valence-corrected chi connectivity index (χ4v) is 2.00. The van der Waals surface area contributed by atoms with Gasteiger partial charge in [-0.3, -0.25) is 4.79 Å². The Kier molecular flexibility index (Phi) is 3.76. The first-order chi connectivity index (χ1) is 8.59. The third kappa shape index (κ3) is 2.59. The normalized spacial score (nSPS) is 19.7. The molecule has 2 rings (SSSR count). The lowest BCUT2D eigenvalue weighted by molar-refractivity contribution is -0.130. The van der Waals surface area contributed by atoms with Crippen LogP contribution in [0.4, 0.5) is 5.95 Å². The topological polar surface area (TPSA) is 61.4 Å². The molecule has 2 heterocycles. The van der Waals surface area contributed by atoms with Gasteiger partial charge in [-0.05, 0) is 12.5 Å². The van der Waals surface area contributed by atoms with Gasteiger partial charge in [0.1, 0.15) is 6.04 Å². The van der Waals surface area contributed by atoms with Gasteiger partial charge in [-0.2, -0.15) is 0 Å². The van der Waals surface area contributed by atoms with Crippen LogP contribution < -0.4 is 10.2 Å². The molecule has 6 heteroatoms. The number of aryl methyl sites for hydroxylation is 1. The van der Waals surface area contributed by atoms with Crippen molar-refractivity contribution in [2.75, 3.05) is 38.6 Å². The number of amides is 1. The lowest BCUT2D eigenvalue weighted by Crippen LogP contribution is -2.58. The third-order valence-electron chi connectivity index (χ3n) is 2.99. The summed E-state index contributed by atoms with van der Waals surface area (Å²) in [5, 5.41) is 3.24. The first-order valence-corrected chi connectivity index (χ1v) is 6.07. The second-order valence-electron chi connectivity index (χ2n) is 4.71. The van der Waals surface area contributed by atoms with Gasteiger partial charge in [-0.1, -0.05) is 0 Å². The number of nitrogens with zero attached hydrogens (tertiary/aromatic N) is 4. The summed E-state index contributed by atoms with van der Waals surface area (Å²) in [6.07, 6.45) is 3.56. The van der Waals surface area contributed by atoms with Crippen molar-refractivity contribution in [1.82, 2.24) is 20.2 Å². The Bertz CT molecular complexity index is 417. The number of hydrogen-bond acceptors (Lipinski definition) is 5. The number of carbonyl (C=O) groups is 1. The Morgan fingerprint density at radius 2 is 2.11 bits per heavy atom. The van der Waals surface area contributed by atoms with E-state index in [2.05, 4.69) is 15.3 Å². The minimum absolute atomic E-state index is 0.0753. The summed E-state index contributed by atoms with van der Waals surface area (Å²) in [5.41, 5.74) is 1.02. The SMILES string of the molecule is Cc1cnc(N2CCNCC2C(=O)N(C)C)nc1. The van der Waals surface area contributed by atoms with E-state index in [1.807, 2.05) is 11.8 Å². The molecule has 1 unspecified atom stereocenters. The van der Waals surface area contributed by atoms with Crippen LogP contribution in [0.15, 0.2) is 12.4 Å². The van der Waals surface area contributed by atoms with Gasteiger partial charge >= 0.3 is 0 Å². The summed E-state index contributed by atoms with van der Waals surface area (Å²) in [6, 6.07) is -0.226. The third-order valence-corrected chi connectivity index (χ3v) is 2.99. The van der Waals surface area contributed by atoms with Crippen LogP contribution in [-0.2, 0) is 4.79 Å². The molecule has 1 aliphatic heterocycles. The van der Waals surface area contributed by atoms with E-state index in [0.717, 1.165) is 18.7 Å². The highest BCUT2D eigenvalue weighted by molar-refractivity contribution is 5.84. The molecule has 1 fully saturated rings. The molecule has 98 valence electrons. The summed E-state index contributed by atoms with van der Waals surface area (Å²) >= 11 is 0. The van der Waals surface area contributed by atoms with E-state index in [-0.39, 0.29) is 11.9 Å². The van der Waals surface area contributed by atoms with Crippen molar-refractivity contribution in [3.63, 3.8) is 0 Å². The Labute approximate surface area is 107 Å². The molecule has 0 saturated carbocycles. The van der Waals surface area contributed by atoms with Crippen LogP contribution in [0.5, 0.6) is 0 Å². The van der Waals surface area contributed by atoms with Gasteiger partial charge in [0, 0.05) is 46.1 Å². The molecule has 0 spiro atoms. The molecule has 1 aromatic heterocycles. The molecule has 1 saturated heterocycles. The Morgan fingerprint density at radius 1 is 1.44 bits per heavy atom. The summed E-state index contributed by atoms with van der Waals surface area (Å²) < 4.78 is 0. The second kappa shape index (κ2) is 5.30. The van der Waals surface area contributed by atoms with Crippen LogP contribution in [0.3, 0.4) is 0 Å². The Balaban J connectivity index is 2.22. The monoisotopic (exact) mass is 249 g/mol. The number of aromatic nitrogens is 2. The van der Waals surface area contributed by atoms with Crippen LogP contribution in [0.25, 0.3) is 0 Å². The first kappa shape index (κ1) is 12.8. The number of likely N-dealkylation sites (N-methyl/N-ethyl adjacent to an activating group) is 1. The number of piperazine rings is 1. The summed E-state index contributed by atoms with van der Waals surface area (Å²) in [5.74, 6) is 0.702. The first-order valence-electron chi connectivity index (χ1n) is 6.07. The minimum Gasteiger partial charge on any atom is -0.347 e. The lowest BCUT2D eigenvalue weighted by Gasteiger charge is -2.36. The zero-order valence-corrected chi connectivity index (χ0v) is 11.1. The van der Waals surface area contributed by atoms with Crippen molar-refractivity contribution >= 4 is 11.9 Å². The number of anilines is 1. The molecule has 1 N–H and O–H groups in total. The van der Waals surface area contributed by atoms with Gasteiger partial charge < -0.3 is 15.1 Å². The standard InChI is InChI=1S/C12H19N5O/c1-9-6-14-12(15-7-9)17-5-4-13-8-10(17)11(18)16(2)3/h6-7,10,13H,4-5,8H2,1-3H3. The fraction of sp³-hybridized carbons (Fsp3) is 0.583. The van der Waals surface area contributed by atoms with E-state index in [0.29, 0.717) is 12.5 Å². The predicted molar refractivity (Wildman–Crippen MR) is 69.5 cm³/mol. The van der Waals surface area contributed by atoms with Crippen molar-refractivity contribution in [2.24, 2.45) is 0 Å². The molecule has 0 aliphatic carbocycles. The van der Waals surface area contributed by atoms with Crippen LogP contribution in [-0.4, -0.2) is 60.5 Å². The van der Waals surface area contributed by atoms with Gasteiger partial charge in [0.15, 0.2) is 0 Å². The van der Waals surface area contributed by atoms with Crippen molar-refractivity contribution in [2.45, 2.75) is 13.0 Å². The highest BCUT2D eigenvalue weighted by Crippen LogP contribution is 2.14. The smallest absolute Gasteiger partial charge is 0.246 e. The van der Waals surface area contributed by atoms with E-state index >= 15 is 0 Å². The molecular weight excluding hydrogens is 230 g/mol. The number of rotatable bonds is 2. The summed E-state index contributed by atoms with van der Waals surface area (Å²) in [4.78, 5) is 24.3. The van der Waals surface area contributed by atoms with Gasteiger partial charge in [-0.25, -0.2) is 9.97 Å². The van der Waals surface area contributed by atoms with Crippen LogP contribution in [0.1, 0.15) is 5.56 Å². The van der Waals surface area contributed by atoms with Crippen molar-refractivity contribution in [1.29, 1.82) is 0 Å².